The van der Waals surface area contributed by atoms with Gasteiger partial charge in [-0.15, -0.1) is 0 Å². The number of aromatic nitrogens is 5. The van der Waals surface area contributed by atoms with E-state index in [1.54, 1.807) is 10.9 Å². The molecule has 1 aromatic carbocycles. The number of hydrogen-bond acceptors (Lipinski definition) is 5. The summed E-state index contributed by atoms with van der Waals surface area (Å²) < 4.78 is 1.68. The van der Waals surface area contributed by atoms with Gasteiger partial charge in [0.1, 0.15) is 0 Å². The second kappa shape index (κ2) is 5.92. The summed E-state index contributed by atoms with van der Waals surface area (Å²) in [6.07, 6.45) is 2.62. The van der Waals surface area contributed by atoms with Gasteiger partial charge in [0, 0.05) is 24.9 Å². The minimum absolute atomic E-state index is 0.632. The van der Waals surface area contributed by atoms with Crippen molar-refractivity contribution >= 4 is 5.95 Å². The molecule has 0 radical (unpaired) electrons. The second-order valence-electron chi connectivity index (χ2n) is 4.25. The van der Waals surface area contributed by atoms with Crippen LogP contribution in [0.2, 0.25) is 0 Å². The van der Waals surface area contributed by atoms with Crippen LogP contribution in [0.3, 0.4) is 0 Å². The molecule has 0 saturated carbocycles. The summed E-state index contributed by atoms with van der Waals surface area (Å²) in [5.74, 6) is 0.632. The zero-order chi connectivity index (χ0) is 13.6. The van der Waals surface area contributed by atoms with E-state index in [-0.39, 0.29) is 0 Å². The lowest BCUT2D eigenvalue weighted by molar-refractivity contribution is 0.788. The van der Waals surface area contributed by atoms with Crippen molar-refractivity contribution in [2.75, 3.05) is 11.9 Å². The summed E-state index contributed by atoms with van der Waals surface area (Å²) in [6.45, 7) is 0.726. The molecule has 6 nitrogen and oxygen atoms in total. The van der Waals surface area contributed by atoms with Crippen molar-refractivity contribution in [1.29, 1.82) is 0 Å². The van der Waals surface area contributed by atoms with Gasteiger partial charge in [-0.1, -0.05) is 29.4 Å². The van der Waals surface area contributed by atoms with E-state index in [1.165, 1.54) is 0 Å². The molecule has 1 N–H and O–H groups in total. The van der Waals surface area contributed by atoms with E-state index >= 15 is 0 Å². The summed E-state index contributed by atoms with van der Waals surface area (Å²) in [5.41, 5.74) is 1.97. The predicted molar refractivity (Wildman–Crippen MR) is 75.6 cm³/mol. The lowest BCUT2D eigenvalue weighted by Crippen LogP contribution is -2.11. The fourth-order valence-electron chi connectivity index (χ4n) is 1.89. The van der Waals surface area contributed by atoms with Crippen LogP contribution < -0.4 is 5.32 Å². The van der Waals surface area contributed by atoms with Crippen molar-refractivity contribution in [2.24, 2.45) is 0 Å². The highest BCUT2D eigenvalue weighted by molar-refractivity contribution is 5.38. The van der Waals surface area contributed by atoms with Crippen molar-refractivity contribution in [2.45, 2.75) is 6.42 Å². The number of pyridine rings is 1. The van der Waals surface area contributed by atoms with Crippen LogP contribution in [-0.4, -0.2) is 31.7 Å². The van der Waals surface area contributed by atoms with Crippen LogP contribution in [0, 0.1) is 0 Å². The van der Waals surface area contributed by atoms with Crippen LogP contribution in [0.5, 0.6) is 0 Å². The molecule has 0 unspecified atom stereocenters. The van der Waals surface area contributed by atoms with E-state index in [4.69, 9.17) is 0 Å². The Hall–Kier alpha value is -2.76. The summed E-state index contributed by atoms with van der Waals surface area (Å²) in [7, 11) is 0. The number of benzene rings is 1. The van der Waals surface area contributed by atoms with Gasteiger partial charge in [-0.2, -0.15) is 4.68 Å². The highest BCUT2D eigenvalue weighted by atomic mass is 15.6. The van der Waals surface area contributed by atoms with E-state index < -0.39 is 0 Å². The summed E-state index contributed by atoms with van der Waals surface area (Å²) >= 11 is 0. The van der Waals surface area contributed by atoms with E-state index in [0.717, 1.165) is 24.3 Å². The highest BCUT2D eigenvalue weighted by Gasteiger charge is 2.06. The zero-order valence-electron chi connectivity index (χ0n) is 10.8. The Morgan fingerprint density at radius 2 is 1.85 bits per heavy atom. The van der Waals surface area contributed by atoms with Gasteiger partial charge >= 0.3 is 0 Å². The zero-order valence-corrected chi connectivity index (χ0v) is 10.8. The Morgan fingerprint density at radius 1 is 1.00 bits per heavy atom. The Bertz CT molecular complexity index is 650. The maximum absolute atomic E-state index is 4.28. The SMILES string of the molecule is c1ccc(-n2nnnc2NCCc2ccccn2)cc1. The lowest BCUT2D eigenvalue weighted by Gasteiger charge is -2.06. The van der Waals surface area contributed by atoms with Gasteiger partial charge in [0.25, 0.3) is 0 Å². The monoisotopic (exact) mass is 266 g/mol. The first kappa shape index (κ1) is 12.3. The van der Waals surface area contributed by atoms with Gasteiger partial charge in [0.15, 0.2) is 0 Å². The first-order valence-electron chi connectivity index (χ1n) is 6.41. The molecule has 2 aromatic heterocycles. The molecule has 0 fully saturated rings. The molecule has 0 atom stereocenters. The summed E-state index contributed by atoms with van der Waals surface area (Å²) in [4.78, 5) is 4.28. The minimum Gasteiger partial charge on any atom is -0.352 e. The van der Waals surface area contributed by atoms with Gasteiger partial charge < -0.3 is 5.32 Å². The Kier molecular flexibility index (Phi) is 3.64. The van der Waals surface area contributed by atoms with E-state index in [9.17, 15) is 0 Å². The largest absolute Gasteiger partial charge is 0.352 e. The molecular formula is C14H14N6. The molecule has 0 aliphatic rings. The highest BCUT2D eigenvalue weighted by Crippen LogP contribution is 2.10. The van der Waals surface area contributed by atoms with Gasteiger partial charge in [-0.05, 0) is 34.7 Å². The molecule has 100 valence electrons. The predicted octanol–water partition coefficient (Wildman–Crippen LogP) is 1.71. The Balaban J connectivity index is 1.66. The van der Waals surface area contributed by atoms with Crippen molar-refractivity contribution in [1.82, 2.24) is 25.2 Å². The third-order valence-corrected chi connectivity index (χ3v) is 2.86. The average Bonchev–Trinajstić information content (AvgIpc) is 2.98. The number of para-hydroxylation sites is 1. The van der Waals surface area contributed by atoms with E-state index in [0.29, 0.717) is 5.95 Å². The van der Waals surface area contributed by atoms with Crippen LogP contribution in [0.4, 0.5) is 5.95 Å². The Labute approximate surface area is 116 Å². The van der Waals surface area contributed by atoms with Gasteiger partial charge in [0.05, 0.1) is 5.69 Å². The minimum atomic E-state index is 0.632. The molecule has 3 rings (SSSR count). The molecule has 0 amide bonds. The number of nitrogens with one attached hydrogen (secondary N) is 1. The molecule has 2 heterocycles. The van der Waals surface area contributed by atoms with Crippen molar-refractivity contribution < 1.29 is 0 Å². The van der Waals surface area contributed by atoms with Gasteiger partial charge in [-0.3, -0.25) is 4.98 Å². The molecule has 0 spiro atoms. The molecule has 0 aliphatic carbocycles. The van der Waals surface area contributed by atoms with Crippen LogP contribution in [-0.2, 0) is 6.42 Å². The molecule has 0 saturated heterocycles. The maximum atomic E-state index is 4.28. The second-order valence-corrected chi connectivity index (χ2v) is 4.25. The number of hydrogen-bond donors (Lipinski definition) is 1. The van der Waals surface area contributed by atoms with E-state index in [2.05, 4.69) is 25.8 Å². The van der Waals surface area contributed by atoms with Gasteiger partial charge in [0.2, 0.25) is 5.95 Å². The fourth-order valence-corrected chi connectivity index (χ4v) is 1.89. The van der Waals surface area contributed by atoms with Crippen LogP contribution in [0.1, 0.15) is 5.69 Å². The molecule has 0 aliphatic heterocycles. The Morgan fingerprint density at radius 3 is 2.65 bits per heavy atom. The smallest absolute Gasteiger partial charge is 0.247 e. The molecule has 6 heteroatoms. The number of nitrogens with zero attached hydrogens (tertiary/aromatic N) is 5. The first-order chi connectivity index (χ1) is 9.93. The summed E-state index contributed by atoms with van der Waals surface area (Å²) in [6, 6.07) is 15.7. The fraction of sp³-hybridized carbons (Fsp3) is 0.143. The summed E-state index contributed by atoms with van der Waals surface area (Å²) in [5, 5.41) is 14.9. The number of tetrazole rings is 1. The van der Waals surface area contributed by atoms with Crippen molar-refractivity contribution in [3.05, 3.63) is 60.4 Å². The standard InChI is InChI=1S/C14H14N6/c1-2-7-13(8-3-1)20-14(17-18-19-20)16-11-9-12-6-4-5-10-15-12/h1-8,10H,9,11H2,(H,16,17,19). The maximum Gasteiger partial charge on any atom is 0.247 e. The quantitative estimate of drug-likeness (QED) is 0.761. The van der Waals surface area contributed by atoms with E-state index in [1.807, 2.05) is 48.5 Å². The third-order valence-electron chi connectivity index (χ3n) is 2.86. The van der Waals surface area contributed by atoms with Crippen molar-refractivity contribution in [3.8, 4) is 5.69 Å². The molecular weight excluding hydrogens is 252 g/mol. The lowest BCUT2D eigenvalue weighted by atomic mass is 10.3. The van der Waals surface area contributed by atoms with Crippen LogP contribution >= 0.6 is 0 Å². The van der Waals surface area contributed by atoms with Crippen molar-refractivity contribution in [3.63, 3.8) is 0 Å². The first-order valence-corrected chi connectivity index (χ1v) is 6.41. The van der Waals surface area contributed by atoms with Crippen LogP contribution in [0.25, 0.3) is 5.69 Å². The number of anilines is 1. The number of rotatable bonds is 5. The third kappa shape index (κ3) is 2.80. The molecule has 20 heavy (non-hydrogen) atoms. The van der Waals surface area contributed by atoms with Gasteiger partial charge in [-0.25, -0.2) is 0 Å². The molecule has 3 aromatic rings. The van der Waals surface area contributed by atoms with Crippen LogP contribution in [0.15, 0.2) is 54.7 Å². The normalized spacial score (nSPS) is 10.4. The topological polar surface area (TPSA) is 68.5 Å². The molecule has 0 bridgehead atoms. The average molecular weight is 266 g/mol.